The highest BCUT2D eigenvalue weighted by Crippen LogP contribution is 2.32. The Morgan fingerprint density at radius 1 is 1.00 bits per heavy atom. The summed E-state index contributed by atoms with van der Waals surface area (Å²) in [6.45, 7) is 6.23. The fourth-order valence-corrected chi connectivity index (χ4v) is 5.20. The van der Waals surface area contributed by atoms with Crippen LogP contribution in [0.4, 0.5) is 4.39 Å². The van der Waals surface area contributed by atoms with E-state index in [1.807, 2.05) is 24.5 Å². The summed E-state index contributed by atoms with van der Waals surface area (Å²) in [6.07, 6.45) is 6.69. The van der Waals surface area contributed by atoms with E-state index in [0.29, 0.717) is 6.04 Å². The van der Waals surface area contributed by atoms with E-state index in [-0.39, 0.29) is 11.9 Å². The van der Waals surface area contributed by atoms with Gasteiger partial charge in [-0.2, -0.15) is 0 Å². The molecule has 1 aromatic heterocycles. The topological polar surface area (TPSA) is 37.2 Å². The van der Waals surface area contributed by atoms with Gasteiger partial charge in [-0.25, -0.2) is 4.39 Å². The van der Waals surface area contributed by atoms with Gasteiger partial charge in [-0.3, -0.25) is 9.80 Å². The molecule has 2 aliphatic rings. The van der Waals surface area contributed by atoms with Crippen LogP contribution in [-0.4, -0.2) is 56.3 Å². The molecule has 2 aromatic carbocycles. The zero-order chi connectivity index (χ0) is 21.9. The number of benzene rings is 2. The number of piperazine rings is 1. The smallest absolute Gasteiger partial charge is 0.150 e. The molecule has 2 fully saturated rings. The second-order valence-corrected chi connectivity index (χ2v) is 9.32. The summed E-state index contributed by atoms with van der Waals surface area (Å²) in [5, 5.41) is 8.88. The Labute approximate surface area is 189 Å². The van der Waals surface area contributed by atoms with Crippen molar-refractivity contribution < 1.29 is 4.39 Å². The second kappa shape index (κ2) is 9.51. The van der Waals surface area contributed by atoms with Gasteiger partial charge in [0.05, 0.1) is 12.6 Å². The van der Waals surface area contributed by atoms with Crippen molar-refractivity contribution in [3.63, 3.8) is 0 Å². The van der Waals surface area contributed by atoms with Gasteiger partial charge in [0.25, 0.3) is 0 Å². The maximum Gasteiger partial charge on any atom is 0.150 e. The van der Waals surface area contributed by atoms with Crippen LogP contribution in [-0.2, 0) is 13.0 Å². The fraction of sp³-hybridized carbons (Fsp3) is 0.462. The largest absolute Gasteiger partial charge is 0.312 e. The molecule has 6 heteroatoms. The Bertz CT molecular complexity index is 999. The van der Waals surface area contributed by atoms with Gasteiger partial charge >= 0.3 is 0 Å². The van der Waals surface area contributed by atoms with Gasteiger partial charge in [0.2, 0.25) is 0 Å². The van der Waals surface area contributed by atoms with Crippen LogP contribution < -0.4 is 0 Å². The molecule has 1 aliphatic heterocycles. The van der Waals surface area contributed by atoms with Gasteiger partial charge in [0.1, 0.15) is 12.1 Å². The lowest BCUT2D eigenvalue weighted by Crippen LogP contribution is -2.57. The van der Waals surface area contributed by atoms with Gasteiger partial charge in [-0.15, -0.1) is 10.2 Å². The van der Waals surface area contributed by atoms with E-state index in [4.69, 9.17) is 0 Å². The standard InChI is InChI=1S/C26H32FN5/c1-20-17-30(14-15-32(20)24-8-5-9-24)25(16-21-10-12-23(27)13-11-21)26-29-28-19-31(26)18-22-6-3-2-4-7-22/h2-4,6-7,10-13,19-20,24-25H,5,8-9,14-18H2,1H3/t20-,25?/m1/s1. The Balaban J connectivity index is 1.40. The summed E-state index contributed by atoms with van der Waals surface area (Å²) in [6, 6.07) is 18.7. The monoisotopic (exact) mass is 433 g/mol. The zero-order valence-corrected chi connectivity index (χ0v) is 18.8. The quantitative estimate of drug-likeness (QED) is 0.557. The molecule has 3 aromatic rings. The molecule has 1 saturated heterocycles. The molecular formula is C26H32FN5. The van der Waals surface area contributed by atoms with Crippen LogP contribution in [0, 0.1) is 5.82 Å². The lowest BCUT2D eigenvalue weighted by atomic mass is 9.89. The summed E-state index contributed by atoms with van der Waals surface area (Å²) in [4.78, 5) is 5.26. The van der Waals surface area contributed by atoms with Crippen LogP contribution in [0.2, 0.25) is 0 Å². The molecule has 0 N–H and O–H groups in total. The average molecular weight is 434 g/mol. The van der Waals surface area contributed by atoms with Crippen LogP contribution >= 0.6 is 0 Å². The Hall–Kier alpha value is -2.57. The SMILES string of the molecule is C[C@@H]1CN(C(Cc2ccc(F)cc2)c2nncn2Cc2ccccc2)CCN1C1CCC1. The van der Waals surface area contributed by atoms with E-state index in [1.54, 1.807) is 12.1 Å². The average Bonchev–Trinajstić information content (AvgIpc) is 3.22. The first-order valence-electron chi connectivity index (χ1n) is 11.8. The maximum absolute atomic E-state index is 13.5. The highest BCUT2D eigenvalue weighted by Gasteiger charge is 2.36. The minimum Gasteiger partial charge on any atom is -0.312 e. The number of hydrogen-bond acceptors (Lipinski definition) is 4. The lowest BCUT2D eigenvalue weighted by molar-refractivity contribution is 0.00166. The van der Waals surface area contributed by atoms with Crippen molar-refractivity contribution in [2.24, 2.45) is 0 Å². The predicted molar refractivity (Wildman–Crippen MR) is 124 cm³/mol. The third-order valence-corrected chi connectivity index (χ3v) is 7.18. The molecular weight excluding hydrogens is 401 g/mol. The van der Waals surface area contributed by atoms with E-state index < -0.39 is 0 Å². The van der Waals surface area contributed by atoms with E-state index in [9.17, 15) is 4.39 Å². The minimum atomic E-state index is -0.194. The molecule has 5 nitrogen and oxygen atoms in total. The molecule has 1 saturated carbocycles. The van der Waals surface area contributed by atoms with Crippen molar-refractivity contribution in [1.29, 1.82) is 0 Å². The number of aromatic nitrogens is 3. The molecule has 168 valence electrons. The highest BCUT2D eigenvalue weighted by molar-refractivity contribution is 5.20. The molecule has 2 heterocycles. The van der Waals surface area contributed by atoms with Gasteiger partial charge < -0.3 is 4.57 Å². The van der Waals surface area contributed by atoms with Crippen molar-refractivity contribution in [1.82, 2.24) is 24.6 Å². The van der Waals surface area contributed by atoms with Crippen LogP contribution in [0.1, 0.15) is 49.2 Å². The molecule has 2 atom stereocenters. The van der Waals surface area contributed by atoms with E-state index in [0.717, 1.165) is 50.0 Å². The van der Waals surface area contributed by atoms with Crippen molar-refractivity contribution in [2.45, 2.75) is 57.3 Å². The summed E-state index contributed by atoms with van der Waals surface area (Å²) < 4.78 is 15.7. The van der Waals surface area contributed by atoms with Crippen molar-refractivity contribution in [3.8, 4) is 0 Å². The number of halogens is 1. The number of hydrogen-bond donors (Lipinski definition) is 0. The molecule has 0 radical (unpaired) electrons. The first kappa shape index (κ1) is 21.3. The van der Waals surface area contributed by atoms with Crippen molar-refractivity contribution in [3.05, 3.63) is 83.7 Å². The molecule has 5 rings (SSSR count). The highest BCUT2D eigenvalue weighted by atomic mass is 19.1. The lowest BCUT2D eigenvalue weighted by Gasteiger charge is -2.48. The number of nitrogens with zero attached hydrogens (tertiary/aromatic N) is 5. The molecule has 0 spiro atoms. The first-order valence-corrected chi connectivity index (χ1v) is 11.8. The maximum atomic E-state index is 13.5. The fourth-order valence-electron chi connectivity index (χ4n) is 5.20. The summed E-state index contributed by atoms with van der Waals surface area (Å²) in [5.74, 6) is 0.794. The Kier molecular flexibility index (Phi) is 6.32. The third kappa shape index (κ3) is 4.62. The summed E-state index contributed by atoms with van der Waals surface area (Å²) >= 11 is 0. The van der Waals surface area contributed by atoms with Gasteiger partial charge in [0.15, 0.2) is 5.82 Å². The Morgan fingerprint density at radius 3 is 2.47 bits per heavy atom. The summed E-state index contributed by atoms with van der Waals surface area (Å²) in [5.41, 5.74) is 2.36. The van der Waals surface area contributed by atoms with Gasteiger partial charge in [-0.05, 0) is 49.4 Å². The minimum absolute atomic E-state index is 0.109. The summed E-state index contributed by atoms with van der Waals surface area (Å²) in [7, 11) is 0. The molecule has 1 aliphatic carbocycles. The van der Waals surface area contributed by atoms with Gasteiger partial charge in [0, 0.05) is 31.7 Å². The predicted octanol–water partition coefficient (Wildman–Crippen LogP) is 4.31. The first-order chi connectivity index (χ1) is 15.7. The molecule has 32 heavy (non-hydrogen) atoms. The molecule has 1 unspecified atom stereocenters. The Morgan fingerprint density at radius 2 is 1.78 bits per heavy atom. The van der Waals surface area contributed by atoms with Crippen LogP contribution in [0.5, 0.6) is 0 Å². The zero-order valence-electron chi connectivity index (χ0n) is 18.8. The third-order valence-electron chi connectivity index (χ3n) is 7.18. The van der Waals surface area contributed by atoms with E-state index >= 15 is 0 Å². The van der Waals surface area contributed by atoms with Crippen LogP contribution in [0.25, 0.3) is 0 Å². The van der Waals surface area contributed by atoms with Crippen LogP contribution in [0.15, 0.2) is 60.9 Å². The van der Waals surface area contributed by atoms with Crippen molar-refractivity contribution >= 4 is 0 Å². The van der Waals surface area contributed by atoms with Crippen LogP contribution in [0.3, 0.4) is 0 Å². The van der Waals surface area contributed by atoms with E-state index in [2.05, 4.69) is 55.8 Å². The normalized spacial score (nSPS) is 21.4. The van der Waals surface area contributed by atoms with E-state index in [1.165, 1.54) is 24.8 Å². The van der Waals surface area contributed by atoms with Gasteiger partial charge in [-0.1, -0.05) is 48.9 Å². The second-order valence-electron chi connectivity index (χ2n) is 9.32. The van der Waals surface area contributed by atoms with Crippen molar-refractivity contribution in [2.75, 3.05) is 19.6 Å². The molecule has 0 bridgehead atoms. The molecule has 0 amide bonds. The number of rotatable bonds is 7.